The fourth-order valence-corrected chi connectivity index (χ4v) is 6.17. The minimum Gasteiger partial charge on any atom is -0.451 e. The number of nitrogens with zero attached hydrogens (tertiary/aromatic N) is 4. The van der Waals surface area contributed by atoms with Crippen LogP contribution in [0.4, 0.5) is 10.2 Å². The van der Waals surface area contributed by atoms with E-state index < -0.39 is 43.2 Å². The largest absolute Gasteiger partial charge is 0.451 e. The van der Waals surface area contributed by atoms with Gasteiger partial charge in [0, 0.05) is 0 Å². The molecule has 14 heteroatoms. The van der Waals surface area contributed by atoms with Crippen molar-refractivity contribution in [2.24, 2.45) is 0 Å². The summed E-state index contributed by atoms with van der Waals surface area (Å²) in [5, 5.41) is 0. The number of ether oxygens (including phenoxy) is 2. The highest BCUT2D eigenvalue weighted by Gasteiger charge is 2.51. The zero-order valence-electron chi connectivity index (χ0n) is 19.6. The lowest BCUT2D eigenvalue weighted by Gasteiger charge is -2.25. The fraction of sp³-hybridized carbons (Fsp3) is 0.455. The van der Waals surface area contributed by atoms with E-state index in [4.69, 9.17) is 24.3 Å². The average molecular weight is 540 g/mol. The highest BCUT2D eigenvalue weighted by Crippen LogP contribution is 2.57. The van der Waals surface area contributed by atoms with Crippen molar-refractivity contribution in [1.29, 1.82) is 0 Å². The lowest BCUT2D eigenvalue weighted by Crippen LogP contribution is -2.34. The lowest BCUT2D eigenvalue weighted by atomic mass is 10.1. The van der Waals surface area contributed by atoms with Gasteiger partial charge in [0.25, 0.3) is 0 Å². The van der Waals surface area contributed by atoms with Gasteiger partial charge in [-0.1, -0.05) is 18.2 Å². The zero-order valence-corrected chi connectivity index (χ0v) is 21.4. The molecule has 3 heterocycles. The Morgan fingerprint density at radius 2 is 1.92 bits per heavy atom. The van der Waals surface area contributed by atoms with Gasteiger partial charge in [-0.2, -0.15) is 12.6 Å². The summed E-state index contributed by atoms with van der Waals surface area (Å²) in [5.41, 5.74) is 6.70. The van der Waals surface area contributed by atoms with E-state index in [0.717, 1.165) is 0 Å². The topological polar surface area (TPSA) is 141 Å². The summed E-state index contributed by atoms with van der Waals surface area (Å²) in [4.78, 5) is 24.1. The van der Waals surface area contributed by atoms with Crippen molar-refractivity contribution in [3.63, 3.8) is 0 Å². The molecule has 4 rings (SSSR count). The molecule has 0 spiro atoms. The number of fused-ring (bicyclic) bond motifs is 1. The molecule has 3 aromatic rings. The summed E-state index contributed by atoms with van der Waals surface area (Å²) in [7, 11) is -3.66. The predicted octanol–water partition coefficient (Wildman–Crippen LogP) is 3.78. The molecule has 1 aliphatic heterocycles. The molecule has 0 bridgehead atoms. The summed E-state index contributed by atoms with van der Waals surface area (Å²) in [6.45, 7) is 3.59. The molecule has 1 fully saturated rings. The second kappa shape index (κ2) is 11.2. The third-order valence-corrected chi connectivity index (χ3v) is 8.84. The zero-order chi connectivity index (χ0) is 25.9. The minimum atomic E-state index is -3.66. The van der Waals surface area contributed by atoms with Gasteiger partial charge in [0.1, 0.15) is 16.8 Å². The van der Waals surface area contributed by atoms with E-state index >= 15 is 4.39 Å². The normalized spacial score (nSPS) is 23.1. The Morgan fingerprint density at radius 1 is 1.22 bits per heavy atom. The Bertz CT molecular complexity index is 1240. The SMILES string of the molecule is CCOP(=O)(OCC)C(S)C[C@H]1O[C@@H](n2cnc3c(N)ncnc32)[C@H](OC(=O)c2ccccc2)[C@@H]1F. The number of nitrogens with two attached hydrogens (primary N) is 1. The van der Waals surface area contributed by atoms with E-state index in [9.17, 15) is 9.36 Å². The van der Waals surface area contributed by atoms with E-state index in [1.807, 2.05) is 0 Å². The van der Waals surface area contributed by atoms with Gasteiger partial charge in [-0.05, 0) is 32.4 Å². The highest BCUT2D eigenvalue weighted by molar-refractivity contribution is 7.89. The van der Waals surface area contributed by atoms with Gasteiger partial charge < -0.3 is 24.3 Å². The van der Waals surface area contributed by atoms with Crippen molar-refractivity contribution in [2.75, 3.05) is 18.9 Å². The smallest absolute Gasteiger partial charge is 0.343 e. The number of hydrogen-bond acceptors (Lipinski definition) is 11. The number of esters is 1. The van der Waals surface area contributed by atoms with Crippen LogP contribution in [0.1, 0.15) is 36.9 Å². The molecular formula is C22H27FN5O6PS. The molecule has 194 valence electrons. The second-order valence-corrected chi connectivity index (χ2v) is 11.2. The monoisotopic (exact) mass is 539 g/mol. The number of imidazole rings is 1. The number of hydrogen-bond donors (Lipinski definition) is 2. The number of halogens is 1. The lowest BCUT2D eigenvalue weighted by molar-refractivity contribution is -0.0474. The summed E-state index contributed by atoms with van der Waals surface area (Å²) in [6.07, 6.45) is -3.01. The van der Waals surface area contributed by atoms with Crippen molar-refractivity contribution in [1.82, 2.24) is 19.5 Å². The van der Waals surface area contributed by atoms with Crippen LogP contribution >= 0.6 is 20.2 Å². The molecule has 0 radical (unpaired) electrons. The predicted molar refractivity (Wildman–Crippen MR) is 132 cm³/mol. The van der Waals surface area contributed by atoms with E-state index in [2.05, 4.69) is 27.6 Å². The number of aromatic nitrogens is 4. The number of anilines is 1. The van der Waals surface area contributed by atoms with Gasteiger partial charge in [-0.25, -0.2) is 24.1 Å². The number of nitrogen functional groups attached to an aromatic ring is 1. The molecule has 2 N–H and O–H groups in total. The molecule has 1 saturated heterocycles. The first-order valence-corrected chi connectivity index (χ1v) is 13.5. The Labute approximate surface area is 212 Å². The van der Waals surface area contributed by atoms with E-state index in [0.29, 0.717) is 0 Å². The maximum absolute atomic E-state index is 15.9. The maximum atomic E-state index is 15.9. The van der Waals surface area contributed by atoms with Crippen LogP contribution < -0.4 is 5.73 Å². The number of rotatable bonds is 10. The molecule has 1 aromatic carbocycles. The summed E-state index contributed by atoms with van der Waals surface area (Å²) in [6, 6.07) is 8.20. The average Bonchev–Trinajstić information content (AvgIpc) is 3.42. The van der Waals surface area contributed by atoms with Gasteiger partial charge in [-0.3, -0.25) is 9.13 Å². The number of carbonyl (C=O) groups is 1. The minimum absolute atomic E-state index is 0.126. The summed E-state index contributed by atoms with van der Waals surface area (Å²) >= 11 is 4.40. The van der Waals surface area contributed by atoms with Crippen LogP contribution in [0.15, 0.2) is 43.0 Å². The molecule has 11 nitrogen and oxygen atoms in total. The second-order valence-electron chi connectivity index (χ2n) is 7.92. The van der Waals surface area contributed by atoms with Gasteiger partial charge in [-0.15, -0.1) is 0 Å². The molecule has 1 aliphatic rings. The number of carbonyl (C=O) groups excluding carboxylic acids is 1. The van der Waals surface area contributed by atoms with Crippen LogP contribution in [0.25, 0.3) is 11.2 Å². The van der Waals surface area contributed by atoms with Crippen LogP contribution in [-0.4, -0.2) is 62.1 Å². The van der Waals surface area contributed by atoms with Gasteiger partial charge in [0.05, 0.1) is 31.2 Å². The Morgan fingerprint density at radius 3 is 2.58 bits per heavy atom. The summed E-state index contributed by atoms with van der Waals surface area (Å²) in [5.74, 6) is -0.597. The van der Waals surface area contributed by atoms with Crippen molar-refractivity contribution in [3.8, 4) is 0 Å². The first-order chi connectivity index (χ1) is 17.3. The van der Waals surface area contributed by atoms with Crippen molar-refractivity contribution >= 4 is 43.2 Å². The molecule has 5 atom stereocenters. The van der Waals surface area contributed by atoms with Crippen molar-refractivity contribution in [3.05, 3.63) is 48.5 Å². The third kappa shape index (κ3) is 5.25. The maximum Gasteiger partial charge on any atom is 0.343 e. The third-order valence-electron chi connectivity index (χ3n) is 5.60. The Hall–Kier alpha value is -2.57. The van der Waals surface area contributed by atoms with Crippen LogP contribution in [0.5, 0.6) is 0 Å². The van der Waals surface area contributed by atoms with Crippen LogP contribution in [0, 0.1) is 0 Å². The van der Waals surface area contributed by atoms with E-state index in [-0.39, 0.29) is 42.2 Å². The number of benzene rings is 1. The first-order valence-electron chi connectivity index (χ1n) is 11.3. The van der Waals surface area contributed by atoms with Crippen LogP contribution in [-0.2, 0) is 23.1 Å². The van der Waals surface area contributed by atoms with Crippen molar-refractivity contribution in [2.45, 2.75) is 49.9 Å². The summed E-state index contributed by atoms with van der Waals surface area (Å²) < 4.78 is 52.8. The molecule has 0 amide bonds. The Balaban J connectivity index is 1.65. The molecule has 1 unspecified atom stereocenters. The Kier molecular flexibility index (Phi) is 8.26. The van der Waals surface area contributed by atoms with Gasteiger partial charge >= 0.3 is 13.6 Å². The molecule has 2 aromatic heterocycles. The molecule has 36 heavy (non-hydrogen) atoms. The van der Waals surface area contributed by atoms with Crippen molar-refractivity contribution < 1.29 is 32.3 Å². The van der Waals surface area contributed by atoms with Crippen LogP contribution in [0.2, 0.25) is 0 Å². The van der Waals surface area contributed by atoms with Crippen LogP contribution in [0.3, 0.4) is 0 Å². The van der Waals surface area contributed by atoms with E-state index in [1.165, 1.54) is 17.2 Å². The quantitative estimate of drug-likeness (QED) is 0.222. The number of thiol groups is 1. The van der Waals surface area contributed by atoms with E-state index in [1.54, 1.807) is 44.2 Å². The van der Waals surface area contributed by atoms with Gasteiger partial charge in [0.2, 0.25) is 0 Å². The number of alkyl halides is 1. The fourth-order valence-electron chi connectivity index (χ4n) is 3.96. The standard InChI is InChI=1S/C22H27FN5O6PS/c1-3-31-35(30,32-4-2)15(36)10-14-16(23)18(34-22(29)13-8-6-5-7-9-13)21(33-14)28-12-27-17-19(24)25-11-26-20(17)28/h5-9,11-12,14-16,18,21,36H,3-4,10H2,1-2H3,(H2,24,25,26)/t14-,15?,16-,18-,21-/m1/s1. The molecule has 0 aliphatic carbocycles. The molecular weight excluding hydrogens is 512 g/mol. The first kappa shape index (κ1) is 26.5. The highest BCUT2D eigenvalue weighted by atomic mass is 32.1. The molecule has 0 saturated carbocycles. The van der Waals surface area contributed by atoms with Gasteiger partial charge in [0.15, 0.2) is 30.0 Å².